The predicted octanol–water partition coefficient (Wildman–Crippen LogP) is 0.160. The number of cyclic esters (lactones) is 2. The number of hydrogen-bond donors (Lipinski definition) is 2. The molecule has 2 amide bonds. The summed E-state index contributed by atoms with van der Waals surface area (Å²) in [5, 5.41) is 4.83. The highest BCUT2D eigenvalue weighted by atomic mass is 32.2. The topological polar surface area (TPSA) is 137 Å². The lowest BCUT2D eigenvalue weighted by Crippen LogP contribution is -2.52. The number of hydrogen-bond acceptors (Lipinski definition) is 9. The summed E-state index contributed by atoms with van der Waals surface area (Å²) in [6, 6.07) is 0. The fourth-order valence-corrected chi connectivity index (χ4v) is 2.66. The third-order valence-corrected chi connectivity index (χ3v) is 4.43. The third-order valence-electron chi connectivity index (χ3n) is 3.60. The van der Waals surface area contributed by atoms with Crippen LogP contribution < -0.4 is 10.6 Å². The minimum atomic E-state index is -0.989. The first kappa shape index (κ1) is 23.5. The van der Waals surface area contributed by atoms with E-state index in [0.717, 1.165) is 23.9 Å². The molecule has 156 valence electrons. The largest absolute Gasteiger partial charge is 0.509 e. The fraction of sp³-hybridized carbons (Fsp3) is 0.588. The third kappa shape index (κ3) is 8.42. The average molecular weight is 416 g/mol. The normalized spacial score (nSPS) is 18.0. The van der Waals surface area contributed by atoms with E-state index in [0.29, 0.717) is 5.75 Å². The number of thioether (sulfide) groups is 1. The molecule has 0 spiro atoms. The molecule has 1 heterocycles. The maximum atomic E-state index is 12.2. The molecule has 0 bridgehead atoms. The first-order chi connectivity index (χ1) is 13.2. The number of carbonyl (C=O) groups is 5. The van der Waals surface area contributed by atoms with Crippen LogP contribution in [0, 0.1) is 5.41 Å². The van der Waals surface area contributed by atoms with Crippen molar-refractivity contribution in [3.63, 3.8) is 0 Å². The zero-order chi connectivity index (χ0) is 21.2. The van der Waals surface area contributed by atoms with Gasteiger partial charge in [0.1, 0.15) is 6.61 Å². The van der Waals surface area contributed by atoms with Crippen LogP contribution in [0.25, 0.3) is 0 Å². The number of nitrogens with one attached hydrogen (secondary N) is 2. The zero-order valence-corrected chi connectivity index (χ0v) is 16.8. The van der Waals surface area contributed by atoms with E-state index in [9.17, 15) is 24.0 Å². The van der Waals surface area contributed by atoms with Gasteiger partial charge in [0.05, 0.1) is 7.11 Å². The molecule has 10 nitrogen and oxygen atoms in total. The second-order valence-corrected chi connectivity index (χ2v) is 7.54. The second kappa shape index (κ2) is 11.3. The average Bonchev–Trinajstić information content (AvgIpc) is 2.65. The van der Waals surface area contributed by atoms with Gasteiger partial charge in [0.25, 0.3) is 5.91 Å². The van der Waals surface area contributed by atoms with Crippen LogP contribution in [0.3, 0.4) is 0 Å². The Hall–Kier alpha value is -2.56. The summed E-state index contributed by atoms with van der Waals surface area (Å²) in [7, 11) is 1.21. The summed E-state index contributed by atoms with van der Waals surface area (Å²) in [5.74, 6) is -1.09. The number of rotatable bonds is 9. The van der Waals surface area contributed by atoms with E-state index in [1.165, 1.54) is 7.11 Å². The van der Waals surface area contributed by atoms with Gasteiger partial charge >= 0.3 is 12.1 Å². The van der Waals surface area contributed by atoms with Crippen LogP contribution in [0.5, 0.6) is 0 Å². The molecule has 1 rings (SSSR count). The van der Waals surface area contributed by atoms with E-state index in [4.69, 9.17) is 9.47 Å². The van der Waals surface area contributed by atoms with Crippen LogP contribution >= 0.6 is 11.8 Å². The Bertz CT molecular complexity index is 647. The highest BCUT2D eigenvalue weighted by Crippen LogP contribution is 2.28. The zero-order valence-electron chi connectivity index (χ0n) is 15.9. The van der Waals surface area contributed by atoms with Crippen LogP contribution in [-0.2, 0) is 33.4 Å². The van der Waals surface area contributed by atoms with Crippen LogP contribution in [0.4, 0.5) is 4.79 Å². The van der Waals surface area contributed by atoms with E-state index in [1.54, 1.807) is 13.8 Å². The molecule has 2 N–H and O–H groups in total. The van der Waals surface area contributed by atoms with Crippen LogP contribution in [0.2, 0.25) is 0 Å². The number of carbonyl (C=O) groups excluding carboxylic acids is 5. The van der Waals surface area contributed by atoms with Gasteiger partial charge < -0.3 is 24.8 Å². The molecule has 1 saturated heterocycles. The van der Waals surface area contributed by atoms with Gasteiger partial charge in [-0.05, 0) is 6.08 Å². The molecule has 0 saturated carbocycles. The summed E-state index contributed by atoms with van der Waals surface area (Å²) in [6.07, 6.45) is 0.263. The lowest BCUT2D eigenvalue weighted by molar-refractivity contribution is -0.149. The highest BCUT2D eigenvalue weighted by molar-refractivity contribution is 8.14. The van der Waals surface area contributed by atoms with E-state index in [1.807, 2.05) is 0 Å². The molecule has 0 aliphatic carbocycles. The standard InChI is InChI=1S/C17H24N2O8S/c1-17(2)10-26-16(24)27-14(17)15(23)19-7-6-11(20)18-8-9-28-13(22)5-4-12(21)25-3/h4-5,14H,6-10H2,1-3H3,(H,18,20)(H,19,23)/b5-4+/t14-/m0/s1. The molecule has 0 unspecified atom stereocenters. The van der Waals surface area contributed by atoms with Gasteiger partial charge in [0.15, 0.2) is 6.10 Å². The molecule has 1 aliphatic heterocycles. The van der Waals surface area contributed by atoms with Crippen molar-refractivity contribution in [1.82, 2.24) is 10.6 Å². The fourth-order valence-electron chi connectivity index (χ4n) is 2.09. The Morgan fingerprint density at radius 2 is 1.93 bits per heavy atom. The van der Waals surface area contributed by atoms with E-state index in [2.05, 4.69) is 15.4 Å². The molecule has 11 heteroatoms. The van der Waals surface area contributed by atoms with Gasteiger partial charge in [-0.15, -0.1) is 0 Å². The van der Waals surface area contributed by atoms with E-state index < -0.39 is 29.6 Å². The Labute approximate surface area is 166 Å². The number of ether oxygens (including phenoxy) is 3. The molecular formula is C17H24N2O8S. The van der Waals surface area contributed by atoms with Gasteiger partial charge in [-0.1, -0.05) is 25.6 Å². The van der Waals surface area contributed by atoms with Crippen LogP contribution in [0.1, 0.15) is 20.3 Å². The first-order valence-electron chi connectivity index (χ1n) is 8.46. The Morgan fingerprint density at radius 1 is 1.21 bits per heavy atom. The summed E-state index contributed by atoms with van der Waals surface area (Å²) in [5.41, 5.74) is -0.674. The summed E-state index contributed by atoms with van der Waals surface area (Å²) < 4.78 is 14.0. The summed E-state index contributed by atoms with van der Waals surface area (Å²) in [6.45, 7) is 3.85. The van der Waals surface area contributed by atoms with Gasteiger partial charge in [-0.2, -0.15) is 0 Å². The molecule has 0 aromatic heterocycles. The number of esters is 1. The lowest BCUT2D eigenvalue weighted by Gasteiger charge is -2.35. The maximum absolute atomic E-state index is 12.2. The van der Waals surface area contributed by atoms with Gasteiger partial charge in [-0.3, -0.25) is 14.4 Å². The molecular weight excluding hydrogens is 392 g/mol. The van der Waals surface area contributed by atoms with Crippen molar-refractivity contribution < 1.29 is 38.2 Å². The smallest absolute Gasteiger partial charge is 0.466 e. The molecule has 1 atom stereocenters. The van der Waals surface area contributed by atoms with Crippen molar-refractivity contribution in [1.29, 1.82) is 0 Å². The van der Waals surface area contributed by atoms with Crippen molar-refractivity contribution in [3.8, 4) is 0 Å². The van der Waals surface area contributed by atoms with Gasteiger partial charge in [0, 0.05) is 36.8 Å². The number of methoxy groups -OCH3 is 1. The lowest BCUT2D eigenvalue weighted by atomic mass is 9.86. The van der Waals surface area contributed by atoms with E-state index in [-0.39, 0.29) is 37.1 Å². The highest BCUT2D eigenvalue weighted by Gasteiger charge is 2.43. The van der Waals surface area contributed by atoms with Crippen molar-refractivity contribution >= 4 is 40.8 Å². The second-order valence-electron chi connectivity index (χ2n) is 6.44. The Morgan fingerprint density at radius 3 is 2.61 bits per heavy atom. The molecule has 28 heavy (non-hydrogen) atoms. The predicted molar refractivity (Wildman–Crippen MR) is 99.3 cm³/mol. The quantitative estimate of drug-likeness (QED) is 0.306. The first-order valence-corrected chi connectivity index (χ1v) is 9.45. The van der Waals surface area contributed by atoms with Crippen molar-refractivity contribution in [2.45, 2.75) is 26.4 Å². The summed E-state index contributed by atoms with van der Waals surface area (Å²) >= 11 is 0.940. The minimum Gasteiger partial charge on any atom is -0.466 e. The van der Waals surface area contributed by atoms with Crippen molar-refractivity contribution in [2.24, 2.45) is 5.41 Å². The summed E-state index contributed by atoms with van der Waals surface area (Å²) in [4.78, 5) is 57.4. The molecule has 0 aromatic carbocycles. The number of amides is 2. The van der Waals surface area contributed by atoms with Crippen LogP contribution in [0.15, 0.2) is 12.2 Å². The van der Waals surface area contributed by atoms with Gasteiger partial charge in [0.2, 0.25) is 11.0 Å². The van der Waals surface area contributed by atoms with E-state index >= 15 is 0 Å². The van der Waals surface area contributed by atoms with Crippen LogP contribution in [-0.4, -0.2) is 67.7 Å². The maximum Gasteiger partial charge on any atom is 0.509 e. The molecule has 0 radical (unpaired) electrons. The SMILES string of the molecule is COC(=O)/C=C/C(=O)SCCNC(=O)CCNC(=O)[C@@H]1OC(=O)OCC1(C)C. The minimum absolute atomic E-state index is 0.0319. The van der Waals surface area contributed by atoms with Gasteiger partial charge in [-0.25, -0.2) is 9.59 Å². The van der Waals surface area contributed by atoms with Crippen molar-refractivity contribution in [2.75, 3.05) is 32.6 Å². The monoisotopic (exact) mass is 416 g/mol. The molecule has 1 aliphatic rings. The molecule has 1 fully saturated rings. The Balaban J connectivity index is 2.20. The Kier molecular flexibility index (Phi) is 9.49. The molecule has 0 aromatic rings. The van der Waals surface area contributed by atoms with Crippen molar-refractivity contribution in [3.05, 3.63) is 12.2 Å².